The zero-order chi connectivity index (χ0) is 10.4. The molecular weight excluding hydrogens is 182 g/mol. The third-order valence-electron chi connectivity index (χ3n) is 2.29. The van der Waals surface area contributed by atoms with Gasteiger partial charge in [0, 0.05) is 26.2 Å². The molecule has 0 aromatic rings. The minimum Gasteiger partial charge on any atom is -0.381 e. The van der Waals surface area contributed by atoms with Crippen LogP contribution in [0.2, 0.25) is 0 Å². The molecule has 1 fully saturated rings. The molecule has 0 aromatic heterocycles. The van der Waals surface area contributed by atoms with Crippen LogP contribution in [0, 0.1) is 0 Å². The quantitative estimate of drug-likeness (QED) is 0.464. The van der Waals surface area contributed by atoms with Gasteiger partial charge in [0.1, 0.15) is 0 Å². The van der Waals surface area contributed by atoms with Crippen molar-refractivity contribution in [3.8, 4) is 0 Å². The standard InChI is InChI=1S/C8H21N5O/c9-1-3-11-5-12(4-2-10)7-13(6-11)8-14/h14H,1-10H2. The van der Waals surface area contributed by atoms with E-state index in [4.69, 9.17) is 16.6 Å². The van der Waals surface area contributed by atoms with E-state index in [1.165, 1.54) is 0 Å². The Balaban J connectivity index is 2.39. The number of aliphatic hydroxyl groups is 1. The highest BCUT2D eigenvalue weighted by Gasteiger charge is 2.21. The van der Waals surface area contributed by atoms with Crippen LogP contribution in [-0.4, -0.2) is 72.7 Å². The average Bonchev–Trinajstić information content (AvgIpc) is 2.18. The lowest BCUT2D eigenvalue weighted by Crippen LogP contribution is -2.56. The molecule has 6 nitrogen and oxygen atoms in total. The summed E-state index contributed by atoms with van der Waals surface area (Å²) < 4.78 is 0. The van der Waals surface area contributed by atoms with Crippen LogP contribution < -0.4 is 11.5 Å². The van der Waals surface area contributed by atoms with Crippen molar-refractivity contribution in [3.05, 3.63) is 0 Å². The molecule has 0 atom stereocenters. The minimum atomic E-state index is 0.0855. The molecule has 0 radical (unpaired) electrons. The second-order valence-corrected chi connectivity index (χ2v) is 3.60. The van der Waals surface area contributed by atoms with Gasteiger partial charge in [-0.2, -0.15) is 0 Å². The van der Waals surface area contributed by atoms with Crippen LogP contribution in [0.5, 0.6) is 0 Å². The summed E-state index contributed by atoms with van der Waals surface area (Å²) in [7, 11) is 0. The first kappa shape index (κ1) is 11.8. The molecule has 0 spiro atoms. The highest BCUT2D eigenvalue weighted by atomic mass is 16.3. The second-order valence-electron chi connectivity index (χ2n) is 3.60. The van der Waals surface area contributed by atoms with E-state index in [0.29, 0.717) is 13.1 Å². The van der Waals surface area contributed by atoms with E-state index < -0.39 is 0 Å². The zero-order valence-corrected chi connectivity index (χ0v) is 8.60. The summed E-state index contributed by atoms with van der Waals surface area (Å²) in [4.78, 5) is 6.36. The van der Waals surface area contributed by atoms with E-state index in [0.717, 1.165) is 33.1 Å². The maximum absolute atomic E-state index is 9.07. The molecule has 5 N–H and O–H groups in total. The number of nitrogens with two attached hydrogens (primary N) is 2. The molecule has 0 aromatic carbocycles. The third kappa shape index (κ3) is 3.49. The lowest BCUT2D eigenvalue weighted by molar-refractivity contribution is -0.0622. The molecular formula is C8H21N5O. The predicted molar refractivity (Wildman–Crippen MR) is 55.0 cm³/mol. The number of rotatable bonds is 5. The van der Waals surface area contributed by atoms with Gasteiger partial charge in [0.15, 0.2) is 0 Å². The van der Waals surface area contributed by atoms with Crippen molar-refractivity contribution in [1.29, 1.82) is 0 Å². The molecule has 0 aliphatic carbocycles. The molecule has 0 bridgehead atoms. The van der Waals surface area contributed by atoms with Gasteiger partial charge in [0.2, 0.25) is 0 Å². The van der Waals surface area contributed by atoms with Gasteiger partial charge < -0.3 is 16.6 Å². The molecule has 0 unspecified atom stereocenters. The Morgan fingerprint density at radius 1 is 0.857 bits per heavy atom. The molecule has 6 heteroatoms. The molecule has 1 heterocycles. The van der Waals surface area contributed by atoms with Crippen LogP contribution in [0.1, 0.15) is 0 Å². The zero-order valence-electron chi connectivity index (χ0n) is 8.60. The molecule has 14 heavy (non-hydrogen) atoms. The number of nitrogens with zero attached hydrogens (tertiary/aromatic N) is 3. The predicted octanol–water partition coefficient (Wildman–Crippen LogP) is -2.35. The van der Waals surface area contributed by atoms with Crippen LogP contribution in [0.4, 0.5) is 0 Å². The monoisotopic (exact) mass is 203 g/mol. The fourth-order valence-electron chi connectivity index (χ4n) is 1.72. The van der Waals surface area contributed by atoms with Gasteiger partial charge in [-0.25, -0.2) is 0 Å². The Kier molecular flexibility index (Phi) is 5.31. The van der Waals surface area contributed by atoms with Crippen LogP contribution in [0.15, 0.2) is 0 Å². The maximum Gasteiger partial charge on any atom is 0.0976 e. The molecule has 1 aliphatic heterocycles. The van der Waals surface area contributed by atoms with Gasteiger partial charge in [-0.1, -0.05) is 0 Å². The first-order valence-corrected chi connectivity index (χ1v) is 4.98. The van der Waals surface area contributed by atoms with Crippen molar-refractivity contribution in [2.75, 3.05) is 52.9 Å². The van der Waals surface area contributed by atoms with E-state index in [9.17, 15) is 0 Å². The van der Waals surface area contributed by atoms with Gasteiger partial charge in [0.05, 0.1) is 26.7 Å². The van der Waals surface area contributed by atoms with Crippen molar-refractivity contribution in [2.45, 2.75) is 0 Å². The van der Waals surface area contributed by atoms with Crippen molar-refractivity contribution >= 4 is 0 Å². The molecule has 1 aliphatic rings. The topological polar surface area (TPSA) is 82.0 Å². The second kappa shape index (κ2) is 6.28. The fraction of sp³-hybridized carbons (Fsp3) is 1.00. The lowest BCUT2D eigenvalue weighted by Gasteiger charge is -2.41. The van der Waals surface area contributed by atoms with Crippen LogP contribution in [-0.2, 0) is 0 Å². The smallest absolute Gasteiger partial charge is 0.0976 e. The summed E-state index contributed by atoms with van der Waals surface area (Å²) in [6.45, 7) is 5.57. The van der Waals surface area contributed by atoms with Crippen LogP contribution in [0.3, 0.4) is 0 Å². The highest BCUT2D eigenvalue weighted by molar-refractivity contribution is 4.68. The fourth-order valence-corrected chi connectivity index (χ4v) is 1.72. The van der Waals surface area contributed by atoms with Crippen molar-refractivity contribution in [2.24, 2.45) is 11.5 Å². The highest BCUT2D eigenvalue weighted by Crippen LogP contribution is 2.05. The SMILES string of the molecule is NCCN1CN(CO)CN(CCN)C1. The summed E-state index contributed by atoms with van der Waals surface area (Å²) in [5.74, 6) is 0. The third-order valence-corrected chi connectivity index (χ3v) is 2.29. The summed E-state index contributed by atoms with van der Waals surface area (Å²) in [6.07, 6.45) is 0. The maximum atomic E-state index is 9.07. The summed E-state index contributed by atoms with van der Waals surface area (Å²) in [5, 5.41) is 9.07. The van der Waals surface area contributed by atoms with E-state index >= 15 is 0 Å². The number of aliphatic hydroxyl groups excluding tert-OH is 1. The van der Waals surface area contributed by atoms with Crippen molar-refractivity contribution in [1.82, 2.24) is 14.7 Å². The summed E-state index contributed by atoms with van der Waals surface area (Å²) >= 11 is 0. The van der Waals surface area contributed by atoms with E-state index in [-0.39, 0.29) is 6.73 Å². The van der Waals surface area contributed by atoms with Crippen LogP contribution in [0.25, 0.3) is 0 Å². The van der Waals surface area contributed by atoms with Crippen molar-refractivity contribution < 1.29 is 5.11 Å². The number of hydrogen-bond donors (Lipinski definition) is 3. The molecule has 1 rings (SSSR count). The van der Waals surface area contributed by atoms with Gasteiger partial charge in [-0.3, -0.25) is 14.7 Å². The van der Waals surface area contributed by atoms with E-state index in [2.05, 4.69) is 9.80 Å². The van der Waals surface area contributed by atoms with Gasteiger partial charge in [-0.15, -0.1) is 0 Å². The Morgan fingerprint density at radius 3 is 1.64 bits per heavy atom. The molecule has 0 amide bonds. The Hall–Kier alpha value is -0.240. The average molecular weight is 203 g/mol. The van der Waals surface area contributed by atoms with Gasteiger partial charge in [-0.05, 0) is 0 Å². The van der Waals surface area contributed by atoms with Gasteiger partial charge >= 0.3 is 0 Å². The minimum absolute atomic E-state index is 0.0855. The van der Waals surface area contributed by atoms with Gasteiger partial charge in [0.25, 0.3) is 0 Å². The van der Waals surface area contributed by atoms with Crippen LogP contribution >= 0.6 is 0 Å². The molecule has 1 saturated heterocycles. The number of hydrogen-bond acceptors (Lipinski definition) is 6. The molecule has 84 valence electrons. The normalized spacial score (nSPS) is 21.6. The summed E-state index contributed by atoms with van der Waals surface area (Å²) in [5.41, 5.74) is 11.0. The first-order chi connectivity index (χ1) is 6.80. The Bertz CT molecular complexity index is 143. The Morgan fingerprint density at radius 2 is 1.29 bits per heavy atom. The molecule has 0 saturated carbocycles. The van der Waals surface area contributed by atoms with E-state index in [1.54, 1.807) is 0 Å². The van der Waals surface area contributed by atoms with Crippen molar-refractivity contribution in [3.63, 3.8) is 0 Å². The first-order valence-electron chi connectivity index (χ1n) is 4.98. The summed E-state index contributed by atoms with van der Waals surface area (Å²) in [6, 6.07) is 0. The largest absolute Gasteiger partial charge is 0.381 e. The lowest BCUT2D eigenvalue weighted by atomic mass is 10.4. The Labute approximate surface area is 85.0 Å². The van der Waals surface area contributed by atoms with E-state index in [1.807, 2.05) is 4.90 Å².